The molecule has 154 valence electrons. The largest absolute Gasteiger partial charge is 0.326 e. The van der Waals surface area contributed by atoms with Crippen molar-refractivity contribution in [3.63, 3.8) is 0 Å². The Hall–Kier alpha value is -2.71. The summed E-state index contributed by atoms with van der Waals surface area (Å²) in [7, 11) is -0.695. The normalized spacial score (nSPS) is 17.1. The Labute approximate surface area is 171 Å². The van der Waals surface area contributed by atoms with Crippen LogP contribution >= 0.6 is 0 Å². The van der Waals surface area contributed by atoms with Crippen molar-refractivity contribution in [3.8, 4) is 0 Å². The Morgan fingerprint density at radius 1 is 1.14 bits per heavy atom. The number of amides is 2. The molecule has 1 aliphatic heterocycles. The molecular weight excluding hydrogens is 390 g/mol. The predicted octanol–water partition coefficient (Wildman–Crippen LogP) is 2.55. The highest BCUT2D eigenvalue weighted by molar-refractivity contribution is 7.89. The SMILES string of the molecule is Cc1cccc(N2C[C@H](C(=O)Nc3cccc(S(=O)(=O)N(C)C)c3)CC2=O)c1C. The van der Waals surface area contributed by atoms with E-state index in [0.717, 1.165) is 21.1 Å². The molecule has 1 aliphatic rings. The molecule has 1 N–H and O–H groups in total. The van der Waals surface area contributed by atoms with E-state index in [0.29, 0.717) is 12.2 Å². The molecule has 0 unspecified atom stereocenters. The third-order valence-corrected chi connectivity index (χ3v) is 7.05. The van der Waals surface area contributed by atoms with Crippen molar-refractivity contribution in [3.05, 3.63) is 53.6 Å². The average Bonchev–Trinajstić information content (AvgIpc) is 3.06. The maximum atomic E-state index is 12.7. The first kappa shape index (κ1) is 21.0. The first-order valence-electron chi connectivity index (χ1n) is 9.31. The lowest BCUT2D eigenvalue weighted by Crippen LogP contribution is -2.28. The topological polar surface area (TPSA) is 86.8 Å². The highest BCUT2D eigenvalue weighted by Gasteiger charge is 2.36. The molecule has 0 aliphatic carbocycles. The van der Waals surface area contributed by atoms with Crippen LogP contribution in [0.5, 0.6) is 0 Å². The van der Waals surface area contributed by atoms with Crippen molar-refractivity contribution in [1.82, 2.24) is 4.31 Å². The molecule has 2 aromatic carbocycles. The second kappa shape index (κ2) is 7.96. The zero-order valence-corrected chi connectivity index (χ0v) is 17.8. The van der Waals surface area contributed by atoms with Crippen LogP contribution in [0.1, 0.15) is 17.5 Å². The van der Waals surface area contributed by atoms with E-state index in [2.05, 4.69) is 5.32 Å². The number of carbonyl (C=O) groups excluding carboxylic acids is 2. The first-order chi connectivity index (χ1) is 13.6. The van der Waals surface area contributed by atoms with Gasteiger partial charge < -0.3 is 10.2 Å². The van der Waals surface area contributed by atoms with Gasteiger partial charge in [0.2, 0.25) is 21.8 Å². The number of sulfonamides is 1. The Kier molecular flexibility index (Phi) is 5.77. The van der Waals surface area contributed by atoms with E-state index in [1.165, 1.54) is 26.2 Å². The number of rotatable bonds is 5. The third-order valence-electron chi connectivity index (χ3n) is 5.24. The summed E-state index contributed by atoms with van der Waals surface area (Å²) >= 11 is 0. The molecule has 0 spiro atoms. The summed E-state index contributed by atoms with van der Waals surface area (Å²) in [6.07, 6.45) is 0.120. The third kappa shape index (κ3) is 4.18. The van der Waals surface area contributed by atoms with E-state index in [1.807, 2.05) is 32.0 Å². The molecule has 0 radical (unpaired) electrons. The van der Waals surface area contributed by atoms with Crippen molar-refractivity contribution >= 4 is 33.2 Å². The Bertz CT molecular complexity index is 1060. The fourth-order valence-corrected chi connectivity index (χ4v) is 4.28. The van der Waals surface area contributed by atoms with Gasteiger partial charge in [-0.15, -0.1) is 0 Å². The van der Waals surface area contributed by atoms with Crippen LogP contribution in [0.2, 0.25) is 0 Å². The number of aryl methyl sites for hydroxylation is 1. The van der Waals surface area contributed by atoms with Gasteiger partial charge in [-0.1, -0.05) is 18.2 Å². The minimum atomic E-state index is -3.60. The lowest BCUT2D eigenvalue weighted by Gasteiger charge is -2.20. The molecule has 2 aromatic rings. The molecule has 0 aromatic heterocycles. The molecule has 7 nitrogen and oxygen atoms in total. The van der Waals surface area contributed by atoms with E-state index in [1.54, 1.807) is 17.0 Å². The fraction of sp³-hybridized carbons (Fsp3) is 0.333. The lowest BCUT2D eigenvalue weighted by atomic mass is 10.1. The second-order valence-corrected chi connectivity index (χ2v) is 9.58. The van der Waals surface area contributed by atoms with Crippen molar-refractivity contribution < 1.29 is 18.0 Å². The lowest BCUT2D eigenvalue weighted by molar-refractivity contribution is -0.122. The van der Waals surface area contributed by atoms with E-state index in [4.69, 9.17) is 0 Å². The minimum absolute atomic E-state index is 0.0946. The van der Waals surface area contributed by atoms with Crippen molar-refractivity contribution in [1.29, 1.82) is 0 Å². The summed E-state index contributed by atoms with van der Waals surface area (Å²) in [6.45, 7) is 4.24. The quantitative estimate of drug-likeness (QED) is 0.813. The zero-order valence-electron chi connectivity index (χ0n) is 17.0. The molecule has 0 bridgehead atoms. The van der Waals surface area contributed by atoms with Crippen molar-refractivity contribution in [2.75, 3.05) is 30.9 Å². The Morgan fingerprint density at radius 2 is 1.83 bits per heavy atom. The summed E-state index contributed by atoms with van der Waals surface area (Å²) in [6, 6.07) is 11.9. The maximum Gasteiger partial charge on any atom is 0.242 e. The zero-order chi connectivity index (χ0) is 21.3. The highest BCUT2D eigenvalue weighted by atomic mass is 32.2. The molecule has 29 heavy (non-hydrogen) atoms. The van der Waals surface area contributed by atoms with Gasteiger partial charge in [0.15, 0.2) is 0 Å². The van der Waals surface area contributed by atoms with Gasteiger partial charge in [0.25, 0.3) is 0 Å². The van der Waals surface area contributed by atoms with Crippen LogP contribution in [0.25, 0.3) is 0 Å². The highest BCUT2D eigenvalue weighted by Crippen LogP contribution is 2.30. The van der Waals surface area contributed by atoms with Crippen molar-refractivity contribution in [2.24, 2.45) is 5.92 Å². The van der Waals surface area contributed by atoms with Crippen LogP contribution in [0, 0.1) is 19.8 Å². The van der Waals surface area contributed by atoms with Gasteiger partial charge in [-0.25, -0.2) is 12.7 Å². The standard InChI is InChI=1S/C21H25N3O4S/c1-14-7-5-10-19(15(14)2)24-13-16(11-20(24)25)21(26)22-17-8-6-9-18(12-17)29(27,28)23(3)4/h5-10,12,16H,11,13H2,1-4H3,(H,22,26)/t16-/m1/s1. The summed E-state index contributed by atoms with van der Waals surface area (Å²) < 4.78 is 25.7. The molecule has 3 rings (SSSR count). The minimum Gasteiger partial charge on any atom is -0.326 e. The van der Waals surface area contributed by atoms with Crippen molar-refractivity contribution in [2.45, 2.75) is 25.2 Å². The van der Waals surface area contributed by atoms with Crippen LogP contribution < -0.4 is 10.2 Å². The molecule has 8 heteroatoms. The molecule has 1 saturated heterocycles. The van der Waals surface area contributed by atoms with Gasteiger partial charge in [0.05, 0.1) is 10.8 Å². The summed E-state index contributed by atoms with van der Waals surface area (Å²) in [4.78, 5) is 27.0. The number of anilines is 2. The van der Waals surface area contributed by atoms with Crippen LogP contribution in [-0.4, -0.2) is 45.2 Å². The van der Waals surface area contributed by atoms with E-state index in [-0.39, 0.29) is 23.1 Å². The number of nitrogens with zero attached hydrogens (tertiary/aromatic N) is 2. The van der Waals surface area contributed by atoms with E-state index < -0.39 is 15.9 Å². The van der Waals surface area contributed by atoms with Crippen LogP contribution in [0.4, 0.5) is 11.4 Å². The van der Waals surface area contributed by atoms with Crippen LogP contribution in [0.3, 0.4) is 0 Å². The first-order valence-corrected chi connectivity index (χ1v) is 10.8. The molecule has 2 amide bonds. The summed E-state index contributed by atoms with van der Waals surface area (Å²) in [5, 5.41) is 2.75. The number of nitrogens with one attached hydrogen (secondary N) is 1. The number of hydrogen-bond donors (Lipinski definition) is 1. The van der Waals surface area contributed by atoms with Gasteiger partial charge in [-0.2, -0.15) is 0 Å². The maximum absolute atomic E-state index is 12.7. The van der Waals surface area contributed by atoms with Gasteiger partial charge in [-0.05, 0) is 49.2 Å². The number of benzene rings is 2. The molecule has 1 fully saturated rings. The van der Waals surface area contributed by atoms with Gasteiger partial charge in [0.1, 0.15) is 0 Å². The van der Waals surface area contributed by atoms with Gasteiger partial charge >= 0.3 is 0 Å². The monoisotopic (exact) mass is 415 g/mol. The van der Waals surface area contributed by atoms with Gasteiger partial charge in [-0.3, -0.25) is 9.59 Å². The predicted molar refractivity (Wildman–Crippen MR) is 112 cm³/mol. The smallest absolute Gasteiger partial charge is 0.242 e. The van der Waals surface area contributed by atoms with Crippen LogP contribution in [-0.2, 0) is 19.6 Å². The van der Waals surface area contributed by atoms with Crippen LogP contribution in [0.15, 0.2) is 47.4 Å². The average molecular weight is 416 g/mol. The van der Waals surface area contributed by atoms with E-state index >= 15 is 0 Å². The summed E-state index contributed by atoms with van der Waals surface area (Å²) in [5.41, 5.74) is 3.31. The molecule has 0 saturated carbocycles. The Balaban J connectivity index is 1.76. The molecule has 1 atom stereocenters. The molecule has 1 heterocycles. The van der Waals surface area contributed by atoms with Gasteiger partial charge in [0, 0.05) is 38.4 Å². The number of hydrogen-bond acceptors (Lipinski definition) is 4. The van der Waals surface area contributed by atoms with E-state index in [9.17, 15) is 18.0 Å². The number of carbonyl (C=O) groups is 2. The second-order valence-electron chi connectivity index (χ2n) is 7.43. The molecular formula is C21H25N3O4S. The fourth-order valence-electron chi connectivity index (χ4n) is 3.33. The Morgan fingerprint density at radius 3 is 2.52 bits per heavy atom. The summed E-state index contributed by atoms with van der Waals surface area (Å²) in [5.74, 6) is -0.898.